The summed E-state index contributed by atoms with van der Waals surface area (Å²) in [5, 5.41) is 1.01. The van der Waals surface area contributed by atoms with Crippen molar-refractivity contribution in [1.82, 2.24) is 19.6 Å². The van der Waals surface area contributed by atoms with Crippen LogP contribution in [0.4, 0.5) is 5.69 Å². The van der Waals surface area contributed by atoms with Crippen LogP contribution in [0.15, 0.2) is 121 Å². The summed E-state index contributed by atoms with van der Waals surface area (Å²) in [6, 6.07) is 37.3. The Labute approximate surface area is 555 Å². The number of carbonyl (C=O) groups excluding carboxylic acids is 8. The quantitative estimate of drug-likeness (QED) is 0.0239. The third kappa shape index (κ3) is 19.6. The zero-order chi connectivity index (χ0) is 64.5. The standard InChI is InChI=1S/C28H37N2O2.C16H22BrN2O2.C13H16N2O2.C8H4O3.C6H15N.CH4.BrH/c1-20-28(2,3)24-15-8-9-16-25(24)29(20)17-11-19-30(4,5)18-10-14-23-26(31)21-12-6-7-13-22(21)27(23)32;1-19(2,11-5-9-17)12-6-10-18-15(20)13-7-3-4-8-14(13)16(18)21;1-14(2)8-5-9-15-12(16)10-6-3-4-7-11(10)13(15)17;9-7-5-3-1-2-4-6(5)8(10)11-7;1-4-5-6-7(2)3;;/h6-9,12-13,15-16,20,23H,10-11,14,17-19H2,1-5H3;3-4,7-8H,5-6,9-12H2,1-2H3;3-4,6-7H,5,8-9H2,1-2H3;1-4H;4-6H2,1-3H3;1H4;1H/q2*+1;;;;;. The number of alkyl halides is 1. The van der Waals surface area contributed by atoms with Gasteiger partial charge in [-0.2, -0.15) is 0 Å². The van der Waals surface area contributed by atoms with Gasteiger partial charge in [0.05, 0.1) is 106 Å². The van der Waals surface area contributed by atoms with Crippen molar-refractivity contribution in [3.05, 3.63) is 171 Å². The molecule has 5 aliphatic rings. The number of halogens is 2. The van der Waals surface area contributed by atoms with Gasteiger partial charge in [0.2, 0.25) is 0 Å². The number of para-hydroxylation sites is 1. The number of unbranched alkanes of at least 4 members (excludes halogenated alkanes) is 1. The molecule has 90 heavy (non-hydrogen) atoms. The lowest BCUT2D eigenvalue weighted by Crippen LogP contribution is -3.10. The number of ketones is 2. The van der Waals surface area contributed by atoms with Gasteiger partial charge in [-0.1, -0.05) is 116 Å². The van der Waals surface area contributed by atoms with Gasteiger partial charge in [0, 0.05) is 59.8 Å². The Morgan fingerprint density at radius 2 is 0.878 bits per heavy atom. The number of Topliss-reactive ketones (excluding diaryl/α,β-unsaturated/α-hetero) is 2. The van der Waals surface area contributed by atoms with Gasteiger partial charge in [-0.3, -0.25) is 43.5 Å². The number of nitrogens with one attached hydrogen (secondary N) is 1. The number of quaternary nitrogens is 3. The van der Waals surface area contributed by atoms with Crippen molar-refractivity contribution in [2.24, 2.45) is 5.92 Å². The summed E-state index contributed by atoms with van der Waals surface area (Å²) in [4.78, 5) is 104. The summed E-state index contributed by atoms with van der Waals surface area (Å²) in [5.41, 5.74) is 7.24. The van der Waals surface area contributed by atoms with E-state index in [2.05, 4.69) is 120 Å². The molecule has 0 radical (unpaired) electrons. The fourth-order valence-corrected chi connectivity index (χ4v) is 12.2. The maximum absolute atomic E-state index is 12.6. The van der Waals surface area contributed by atoms with Crippen molar-refractivity contribution >= 4 is 68.8 Å². The molecule has 488 valence electrons. The molecule has 4 aliphatic heterocycles. The summed E-state index contributed by atoms with van der Waals surface area (Å²) in [6.07, 6.45) is 8.10. The van der Waals surface area contributed by atoms with Crippen LogP contribution >= 0.6 is 15.9 Å². The minimum atomic E-state index is -0.550. The first kappa shape index (κ1) is 76.1. The highest BCUT2D eigenvalue weighted by Gasteiger charge is 2.46. The maximum atomic E-state index is 12.6. The van der Waals surface area contributed by atoms with Gasteiger partial charge in [-0.15, -0.1) is 0 Å². The number of hydrogen-bond acceptors (Lipinski definition) is 11. The lowest BCUT2D eigenvalue weighted by molar-refractivity contribution is -0.899. The lowest BCUT2D eigenvalue weighted by Gasteiger charge is -2.31. The molecule has 0 aromatic heterocycles. The number of rotatable bonds is 22. The molecule has 0 saturated heterocycles. The molecule has 0 spiro atoms. The molecule has 0 saturated carbocycles. The third-order valence-corrected chi connectivity index (χ3v) is 18.0. The van der Waals surface area contributed by atoms with Crippen LogP contribution in [0.1, 0.15) is 175 Å². The number of esters is 2. The van der Waals surface area contributed by atoms with Crippen LogP contribution in [0.2, 0.25) is 0 Å². The molecule has 16 nitrogen and oxygen atoms in total. The van der Waals surface area contributed by atoms with E-state index in [-0.39, 0.29) is 65.0 Å². The first-order chi connectivity index (χ1) is 41.8. The number of ether oxygens (including phenoxy) is 1. The number of hydrogen-bond donors (Lipinski definition) is 1. The second kappa shape index (κ2) is 34.9. The van der Waals surface area contributed by atoms with Crippen LogP contribution in [0, 0.1) is 5.92 Å². The Balaban J connectivity index is 0.000000259. The topological polar surface area (TPSA) is 163 Å². The number of benzene rings is 5. The summed E-state index contributed by atoms with van der Waals surface area (Å²) < 4.78 is 6.19. The average Bonchev–Trinajstić information content (AvgIpc) is 1.96. The molecule has 5 aromatic carbocycles. The monoisotopic (exact) mass is 1360 g/mol. The zero-order valence-corrected chi connectivity index (χ0v) is 57.7. The number of imide groups is 2. The second-order valence-electron chi connectivity index (χ2n) is 25.9. The van der Waals surface area contributed by atoms with Crippen molar-refractivity contribution < 1.29 is 73.9 Å². The van der Waals surface area contributed by atoms with Crippen LogP contribution < -0.4 is 21.9 Å². The van der Waals surface area contributed by atoms with Crippen molar-refractivity contribution in [3.8, 4) is 0 Å². The van der Waals surface area contributed by atoms with Crippen molar-refractivity contribution in [1.29, 1.82) is 0 Å². The van der Waals surface area contributed by atoms with Crippen LogP contribution in [0.3, 0.4) is 0 Å². The van der Waals surface area contributed by atoms with Crippen molar-refractivity contribution in [2.75, 3.05) is 121 Å². The predicted octanol–water partition coefficient (Wildman–Crippen LogP) is 7.58. The van der Waals surface area contributed by atoms with Crippen LogP contribution in [0.25, 0.3) is 0 Å². The molecule has 5 aromatic rings. The fourth-order valence-electron chi connectivity index (χ4n) is 12.0. The number of carbonyl (C=O) groups is 8. The van der Waals surface area contributed by atoms with E-state index < -0.39 is 17.9 Å². The highest BCUT2D eigenvalue weighted by Crippen LogP contribution is 2.36. The smallest absolute Gasteiger partial charge is 0.346 e. The summed E-state index contributed by atoms with van der Waals surface area (Å²) >= 11 is 3.45. The second-order valence-corrected chi connectivity index (χ2v) is 26.7. The summed E-state index contributed by atoms with van der Waals surface area (Å²) in [6.45, 7) is 17.7. The number of cyclic esters (lactones) is 2. The molecule has 4 amide bonds. The highest BCUT2D eigenvalue weighted by molar-refractivity contribution is 9.09. The van der Waals surface area contributed by atoms with Gasteiger partial charge in [0.1, 0.15) is 5.69 Å². The van der Waals surface area contributed by atoms with Crippen molar-refractivity contribution in [2.45, 2.75) is 97.9 Å². The molecule has 4 heterocycles. The van der Waals surface area contributed by atoms with E-state index in [0.29, 0.717) is 70.1 Å². The van der Waals surface area contributed by atoms with E-state index in [1.165, 1.54) is 40.4 Å². The Hall–Kier alpha value is -6.38. The van der Waals surface area contributed by atoms with E-state index in [4.69, 9.17) is 0 Å². The lowest BCUT2D eigenvalue weighted by atomic mass is 9.81. The average molecular weight is 1370 g/mol. The first-order valence-corrected chi connectivity index (χ1v) is 32.3. The minimum Gasteiger partial charge on any atom is -1.00 e. The van der Waals surface area contributed by atoms with Gasteiger partial charge in [-0.25, -0.2) is 9.59 Å². The number of amides is 4. The van der Waals surface area contributed by atoms with Gasteiger partial charge in [0.15, 0.2) is 11.6 Å². The third-order valence-electron chi connectivity index (χ3n) is 17.4. The van der Waals surface area contributed by atoms with E-state index in [9.17, 15) is 38.4 Å². The maximum Gasteiger partial charge on any atom is 0.346 e. The highest BCUT2D eigenvalue weighted by atomic mass is 79.9. The number of nitrogens with zero attached hydrogens (tertiary/aromatic N) is 6. The van der Waals surface area contributed by atoms with Gasteiger partial charge in [0.25, 0.3) is 23.6 Å². The molecule has 18 heteroatoms. The molecule has 10 rings (SSSR count). The van der Waals surface area contributed by atoms with Crippen LogP contribution in [-0.2, 0) is 10.2 Å². The Morgan fingerprint density at radius 1 is 0.511 bits per heavy atom. The fraction of sp³-hybridized carbons (Fsp3) is 0.472. The summed E-state index contributed by atoms with van der Waals surface area (Å²) in [5.74, 6) is -2.17. The number of fused-ring (bicyclic) bond motifs is 5. The van der Waals surface area contributed by atoms with Crippen molar-refractivity contribution in [3.63, 3.8) is 0 Å². The Morgan fingerprint density at radius 3 is 1.30 bits per heavy atom. The normalized spacial score (nSPS) is 16.7. The molecule has 1 N–H and O–H groups in total. The van der Waals surface area contributed by atoms with Crippen LogP contribution in [0.5, 0.6) is 0 Å². The van der Waals surface area contributed by atoms with Gasteiger partial charge >= 0.3 is 11.9 Å². The molecule has 2 atom stereocenters. The van der Waals surface area contributed by atoms with E-state index in [1.807, 2.05) is 31.1 Å². The molecule has 0 bridgehead atoms. The SMILES string of the molecule is C.CC1[NH+](CCC[N+](C)(C)CCCC2C(=O)c3ccccc3C2=O)c2ccccc2C1(C)C.CCCCN(C)C.CN(C)CCCN1C(=O)c2ccccc2C1=O.C[N+](C)(CCCBr)CCCN1C(=O)c2ccccc2C1=O.O=C1OC(=O)c2ccccc21.[Br-]. The predicted molar refractivity (Wildman–Crippen MR) is 357 cm³/mol. The first-order valence-electron chi connectivity index (χ1n) is 31.1. The van der Waals surface area contributed by atoms with E-state index >= 15 is 0 Å². The molecule has 1 aliphatic carbocycles. The molecule has 0 fully saturated rings. The molecule has 2 unspecified atom stereocenters. The van der Waals surface area contributed by atoms with E-state index in [0.717, 1.165) is 85.7 Å². The van der Waals surface area contributed by atoms with Crippen LogP contribution in [-0.4, -0.2) is 202 Å². The zero-order valence-electron chi connectivity index (χ0n) is 54.5. The largest absolute Gasteiger partial charge is 1.00 e. The summed E-state index contributed by atoms with van der Waals surface area (Å²) in [7, 11) is 17.1. The Bertz CT molecular complexity index is 3150. The van der Waals surface area contributed by atoms with Gasteiger partial charge < -0.3 is 40.5 Å². The molecular weight excluding hydrogens is 1270 g/mol. The van der Waals surface area contributed by atoms with E-state index in [1.54, 1.807) is 89.8 Å². The molecular formula is C72H99Br2N7O9+2. The minimum absolute atomic E-state index is 0. The Kier molecular flexibility index (Phi) is 29.5. The van der Waals surface area contributed by atoms with Gasteiger partial charge in [-0.05, 0) is 130 Å².